The van der Waals surface area contributed by atoms with E-state index >= 15 is 0 Å². The van der Waals surface area contributed by atoms with Gasteiger partial charge < -0.3 is 10.1 Å². The fourth-order valence-corrected chi connectivity index (χ4v) is 2.49. The van der Waals surface area contributed by atoms with E-state index in [9.17, 15) is 4.79 Å². The highest BCUT2D eigenvalue weighted by atomic mass is 16.5. The lowest BCUT2D eigenvalue weighted by Gasteiger charge is -2.23. The highest BCUT2D eigenvalue weighted by molar-refractivity contribution is 5.98. The van der Waals surface area contributed by atoms with E-state index in [2.05, 4.69) is 10.3 Å². The molecule has 0 radical (unpaired) electrons. The number of pyridine rings is 1. The highest BCUT2D eigenvalue weighted by Gasteiger charge is 2.17. The van der Waals surface area contributed by atoms with Crippen molar-refractivity contribution in [1.82, 2.24) is 10.3 Å². The summed E-state index contributed by atoms with van der Waals surface area (Å²) in [5.74, 6) is -0.0389. The number of ether oxygens (including phenoxy) is 1. The van der Waals surface area contributed by atoms with Crippen LogP contribution < -0.4 is 5.32 Å². The third-order valence-electron chi connectivity index (χ3n) is 3.59. The van der Waals surface area contributed by atoms with Gasteiger partial charge in [-0.1, -0.05) is 6.07 Å². The first-order chi connectivity index (χ1) is 9.72. The summed E-state index contributed by atoms with van der Waals surface area (Å²) in [5.41, 5.74) is 2.57. The van der Waals surface area contributed by atoms with Crippen molar-refractivity contribution in [3.8, 4) is 0 Å². The minimum atomic E-state index is -0.0389. The molecule has 1 aliphatic rings. The second-order valence-electron chi connectivity index (χ2n) is 5.25. The molecule has 4 nitrogen and oxygen atoms in total. The molecule has 104 valence electrons. The Bertz CT molecular complexity index is 633. The van der Waals surface area contributed by atoms with E-state index in [-0.39, 0.29) is 11.9 Å². The number of hydrogen-bond acceptors (Lipinski definition) is 3. The Balaban J connectivity index is 1.78. The molecule has 0 aliphatic carbocycles. The summed E-state index contributed by atoms with van der Waals surface area (Å²) in [6.45, 7) is 3.37. The Labute approximate surface area is 118 Å². The topological polar surface area (TPSA) is 51.2 Å². The quantitative estimate of drug-likeness (QED) is 0.912. The van der Waals surface area contributed by atoms with E-state index in [4.69, 9.17) is 4.74 Å². The molecule has 1 fully saturated rings. The summed E-state index contributed by atoms with van der Waals surface area (Å²) in [5, 5.41) is 4.02. The highest BCUT2D eigenvalue weighted by Crippen LogP contribution is 2.15. The SMILES string of the molecule is Cc1ccc2cc(C(=O)N[C@H]3CCCOC3)ccc2n1. The summed E-state index contributed by atoms with van der Waals surface area (Å²) in [4.78, 5) is 16.7. The van der Waals surface area contributed by atoms with Gasteiger partial charge in [-0.2, -0.15) is 0 Å². The maximum absolute atomic E-state index is 12.2. The van der Waals surface area contributed by atoms with Gasteiger partial charge in [0.25, 0.3) is 5.91 Å². The van der Waals surface area contributed by atoms with Crippen molar-refractivity contribution in [3.05, 3.63) is 41.6 Å². The fourth-order valence-electron chi connectivity index (χ4n) is 2.49. The van der Waals surface area contributed by atoms with Gasteiger partial charge in [-0.25, -0.2) is 0 Å². The average Bonchev–Trinajstić information content (AvgIpc) is 2.47. The Morgan fingerprint density at radius 3 is 3.05 bits per heavy atom. The molecule has 1 aromatic carbocycles. The minimum absolute atomic E-state index is 0.0389. The van der Waals surface area contributed by atoms with E-state index in [1.54, 1.807) is 0 Å². The normalized spacial score (nSPS) is 18.9. The van der Waals surface area contributed by atoms with Gasteiger partial charge in [-0.15, -0.1) is 0 Å². The van der Waals surface area contributed by atoms with Gasteiger partial charge in [0.15, 0.2) is 0 Å². The van der Waals surface area contributed by atoms with Crippen molar-refractivity contribution >= 4 is 16.8 Å². The molecule has 4 heteroatoms. The van der Waals surface area contributed by atoms with Crippen molar-refractivity contribution in [2.24, 2.45) is 0 Å². The van der Waals surface area contributed by atoms with Crippen molar-refractivity contribution in [3.63, 3.8) is 0 Å². The number of aryl methyl sites for hydroxylation is 1. The van der Waals surface area contributed by atoms with Crippen LogP contribution in [0.2, 0.25) is 0 Å². The molecular weight excluding hydrogens is 252 g/mol. The Morgan fingerprint density at radius 2 is 2.25 bits per heavy atom. The number of amides is 1. The molecule has 3 rings (SSSR count). The monoisotopic (exact) mass is 270 g/mol. The summed E-state index contributed by atoms with van der Waals surface area (Å²) >= 11 is 0. The van der Waals surface area contributed by atoms with Crippen molar-refractivity contribution in [2.75, 3.05) is 13.2 Å². The van der Waals surface area contributed by atoms with Crippen LogP contribution in [0.4, 0.5) is 0 Å². The van der Waals surface area contributed by atoms with Gasteiger partial charge in [0.1, 0.15) is 0 Å². The number of carbonyl (C=O) groups is 1. The number of benzene rings is 1. The fraction of sp³-hybridized carbons (Fsp3) is 0.375. The molecule has 2 aromatic rings. The van der Waals surface area contributed by atoms with Crippen LogP contribution in [0.25, 0.3) is 10.9 Å². The van der Waals surface area contributed by atoms with Gasteiger partial charge in [0.2, 0.25) is 0 Å². The van der Waals surface area contributed by atoms with Crippen molar-refractivity contribution in [2.45, 2.75) is 25.8 Å². The molecule has 1 aliphatic heterocycles. The second kappa shape index (κ2) is 5.59. The molecule has 0 saturated carbocycles. The molecule has 1 aromatic heterocycles. The molecule has 20 heavy (non-hydrogen) atoms. The molecule has 0 spiro atoms. The standard InChI is InChI=1S/C16H18N2O2/c1-11-4-5-12-9-13(6-7-15(12)17-11)16(19)18-14-3-2-8-20-10-14/h4-7,9,14H,2-3,8,10H2,1H3,(H,18,19)/t14-/m0/s1. The lowest BCUT2D eigenvalue weighted by molar-refractivity contribution is 0.0624. The van der Waals surface area contributed by atoms with E-state index in [1.165, 1.54) is 0 Å². The zero-order valence-electron chi connectivity index (χ0n) is 11.6. The molecule has 1 atom stereocenters. The smallest absolute Gasteiger partial charge is 0.251 e. The maximum Gasteiger partial charge on any atom is 0.251 e. The molecule has 1 saturated heterocycles. The zero-order valence-corrected chi connectivity index (χ0v) is 11.6. The third-order valence-corrected chi connectivity index (χ3v) is 3.59. The third kappa shape index (κ3) is 2.80. The van der Waals surface area contributed by atoms with Crippen LogP contribution in [-0.2, 0) is 4.74 Å². The summed E-state index contributed by atoms with van der Waals surface area (Å²) in [7, 11) is 0. The Kier molecular flexibility index (Phi) is 3.65. The number of rotatable bonds is 2. The number of nitrogens with one attached hydrogen (secondary N) is 1. The molecule has 0 bridgehead atoms. The number of hydrogen-bond donors (Lipinski definition) is 1. The van der Waals surface area contributed by atoms with Crippen molar-refractivity contribution < 1.29 is 9.53 Å². The van der Waals surface area contributed by atoms with Crippen LogP contribution in [0.15, 0.2) is 30.3 Å². The van der Waals surface area contributed by atoms with Crippen LogP contribution in [-0.4, -0.2) is 30.1 Å². The van der Waals surface area contributed by atoms with Gasteiger partial charge in [-0.05, 0) is 44.0 Å². The minimum Gasteiger partial charge on any atom is -0.379 e. The van der Waals surface area contributed by atoms with Gasteiger partial charge >= 0.3 is 0 Å². The van der Waals surface area contributed by atoms with E-state index in [0.29, 0.717) is 12.2 Å². The number of aromatic nitrogens is 1. The molecule has 0 unspecified atom stereocenters. The Hall–Kier alpha value is -1.94. The van der Waals surface area contributed by atoms with Crippen LogP contribution in [0, 0.1) is 6.92 Å². The average molecular weight is 270 g/mol. The molecule has 2 heterocycles. The van der Waals surface area contributed by atoms with Gasteiger partial charge in [0.05, 0.1) is 18.2 Å². The van der Waals surface area contributed by atoms with Crippen molar-refractivity contribution in [1.29, 1.82) is 0 Å². The summed E-state index contributed by atoms with van der Waals surface area (Å²) in [6, 6.07) is 9.70. The van der Waals surface area contributed by atoms with Gasteiger partial charge in [-0.3, -0.25) is 9.78 Å². The number of fused-ring (bicyclic) bond motifs is 1. The van der Waals surface area contributed by atoms with E-state index < -0.39 is 0 Å². The predicted molar refractivity (Wildman–Crippen MR) is 77.8 cm³/mol. The van der Waals surface area contributed by atoms with Crippen LogP contribution >= 0.6 is 0 Å². The first kappa shape index (κ1) is 13.1. The summed E-state index contributed by atoms with van der Waals surface area (Å²) < 4.78 is 5.38. The lowest BCUT2D eigenvalue weighted by Crippen LogP contribution is -2.40. The lowest BCUT2D eigenvalue weighted by atomic mass is 10.1. The summed E-state index contributed by atoms with van der Waals surface area (Å²) in [6.07, 6.45) is 1.99. The second-order valence-corrected chi connectivity index (χ2v) is 5.25. The molecule has 1 amide bonds. The van der Waals surface area contributed by atoms with Crippen LogP contribution in [0.1, 0.15) is 28.9 Å². The Morgan fingerprint density at radius 1 is 1.35 bits per heavy atom. The molecular formula is C16H18N2O2. The molecule has 1 N–H and O–H groups in total. The van der Waals surface area contributed by atoms with Crippen LogP contribution in [0.3, 0.4) is 0 Å². The van der Waals surface area contributed by atoms with Crippen LogP contribution in [0.5, 0.6) is 0 Å². The number of nitrogens with zero attached hydrogens (tertiary/aromatic N) is 1. The predicted octanol–water partition coefficient (Wildman–Crippen LogP) is 2.45. The maximum atomic E-state index is 12.2. The first-order valence-corrected chi connectivity index (χ1v) is 6.98. The van der Waals surface area contributed by atoms with Gasteiger partial charge in [0, 0.05) is 23.3 Å². The number of carbonyl (C=O) groups excluding carboxylic acids is 1. The largest absolute Gasteiger partial charge is 0.379 e. The van der Waals surface area contributed by atoms with E-state index in [0.717, 1.165) is 36.0 Å². The first-order valence-electron chi connectivity index (χ1n) is 6.98. The zero-order chi connectivity index (χ0) is 13.9. The van der Waals surface area contributed by atoms with E-state index in [1.807, 2.05) is 37.3 Å².